The lowest BCUT2D eigenvalue weighted by Gasteiger charge is -2.37. The first-order chi connectivity index (χ1) is 23.3. The molecule has 2 aromatic carbocycles. The van der Waals surface area contributed by atoms with Crippen LogP contribution < -0.4 is 19.4 Å². The minimum atomic E-state index is -0.734. The van der Waals surface area contributed by atoms with E-state index in [2.05, 4.69) is 31.9 Å². The molecule has 5 atom stereocenters. The largest absolute Gasteiger partial charge is 0.494 e. The van der Waals surface area contributed by atoms with Crippen LogP contribution in [0, 0.1) is 11.8 Å². The van der Waals surface area contributed by atoms with Crippen LogP contribution in [0.25, 0.3) is 0 Å². The number of unbranched alkanes of at least 4 members (excludes halogenated alkanes) is 1. The minimum absolute atomic E-state index is 0.00717. The number of aliphatic hydroxyl groups is 1. The zero-order valence-electron chi connectivity index (χ0n) is 28.6. The van der Waals surface area contributed by atoms with Gasteiger partial charge in [-0.3, -0.25) is 14.4 Å². The molecule has 3 heterocycles. The Morgan fingerprint density at radius 1 is 0.938 bits per heavy atom. The monoisotopic (exact) mass is 674 g/mol. The number of hydrogen-bond donors (Lipinski definition) is 1. The molecule has 0 saturated carbocycles. The van der Waals surface area contributed by atoms with Gasteiger partial charge in [0.1, 0.15) is 11.8 Å². The molecule has 2 bridgehead atoms. The summed E-state index contributed by atoms with van der Waals surface area (Å²) < 4.78 is 4.89. The molecule has 0 radical (unpaired) electrons. The van der Waals surface area contributed by atoms with Gasteiger partial charge in [0.15, 0.2) is 0 Å². The second-order valence-electron chi connectivity index (χ2n) is 12.6. The van der Waals surface area contributed by atoms with Crippen LogP contribution in [0.3, 0.4) is 0 Å². The van der Waals surface area contributed by atoms with Crippen molar-refractivity contribution in [3.8, 4) is 5.75 Å². The van der Waals surface area contributed by atoms with Gasteiger partial charge in [-0.05, 0) is 95.0 Å². The highest BCUT2D eigenvalue weighted by molar-refractivity contribution is 8.02. The molecule has 258 valence electrons. The standard InChI is InChI=1S/C38H50N4O5S/c1-6-23-40(29-17-19-30(20-18-29)47-10-5)35(44)32-31-21-22-38(48-31)33(32)36(45)42(25-11-12-26-43)34(38)37(46)41(24-7-2)28-15-13-27(14-16-28)39(8-3)9-4/h6-7,13-20,31-34,43H,1-2,8-12,21-26H2,3-5H3/t31-,32+,33+,34?,38?/m1/s1. The van der Waals surface area contributed by atoms with E-state index in [0.29, 0.717) is 51.2 Å². The van der Waals surface area contributed by atoms with Crippen molar-refractivity contribution in [2.45, 2.75) is 62.5 Å². The molecule has 10 heteroatoms. The van der Waals surface area contributed by atoms with E-state index in [1.165, 1.54) is 0 Å². The zero-order valence-corrected chi connectivity index (χ0v) is 29.4. The van der Waals surface area contributed by atoms with Crippen LogP contribution in [0.4, 0.5) is 17.1 Å². The molecule has 3 aliphatic heterocycles. The van der Waals surface area contributed by atoms with E-state index in [9.17, 15) is 19.5 Å². The number of aliphatic hydroxyl groups excluding tert-OH is 1. The molecular formula is C38H50N4O5S. The Labute approximate surface area is 289 Å². The lowest BCUT2D eigenvalue weighted by Crippen LogP contribution is -2.55. The molecule has 48 heavy (non-hydrogen) atoms. The van der Waals surface area contributed by atoms with Gasteiger partial charge in [-0.25, -0.2) is 0 Å². The average molecular weight is 675 g/mol. The van der Waals surface area contributed by atoms with E-state index >= 15 is 0 Å². The number of carbonyl (C=O) groups excluding carboxylic acids is 3. The van der Waals surface area contributed by atoms with Crippen molar-refractivity contribution in [2.24, 2.45) is 11.8 Å². The smallest absolute Gasteiger partial charge is 0.251 e. The first-order valence-electron chi connectivity index (χ1n) is 17.3. The molecule has 3 aliphatic rings. The van der Waals surface area contributed by atoms with Crippen molar-refractivity contribution in [1.82, 2.24) is 4.90 Å². The van der Waals surface area contributed by atoms with Crippen molar-refractivity contribution < 1.29 is 24.2 Å². The van der Waals surface area contributed by atoms with Crippen molar-refractivity contribution in [3.05, 3.63) is 73.8 Å². The summed E-state index contributed by atoms with van der Waals surface area (Å²) in [7, 11) is 0. The maximum absolute atomic E-state index is 14.9. The number of likely N-dealkylation sites (tertiary alicyclic amines) is 1. The van der Waals surface area contributed by atoms with Gasteiger partial charge in [0, 0.05) is 61.6 Å². The van der Waals surface area contributed by atoms with E-state index in [1.54, 1.807) is 38.6 Å². The number of thioether (sulfide) groups is 1. The van der Waals surface area contributed by atoms with Gasteiger partial charge in [-0.15, -0.1) is 24.9 Å². The highest BCUT2D eigenvalue weighted by atomic mass is 32.2. The number of rotatable bonds is 17. The topological polar surface area (TPSA) is 93.6 Å². The summed E-state index contributed by atoms with van der Waals surface area (Å²) in [5.41, 5.74) is 2.54. The summed E-state index contributed by atoms with van der Waals surface area (Å²) >= 11 is 1.67. The van der Waals surface area contributed by atoms with Gasteiger partial charge in [0.05, 0.1) is 23.2 Å². The Balaban J connectivity index is 1.50. The van der Waals surface area contributed by atoms with Crippen LogP contribution >= 0.6 is 11.8 Å². The number of hydrogen-bond acceptors (Lipinski definition) is 7. The molecule has 0 aromatic heterocycles. The molecular weight excluding hydrogens is 625 g/mol. The quantitative estimate of drug-likeness (QED) is 0.174. The van der Waals surface area contributed by atoms with Crippen LogP contribution in [0.2, 0.25) is 0 Å². The maximum atomic E-state index is 14.9. The van der Waals surface area contributed by atoms with E-state index in [1.807, 2.05) is 55.5 Å². The predicted octanol–water partition coefficient (Wildman–Crippen LogP) is 5.53. The number of ether oxygens (including phenoxy) is 1. The van der Waals surface area contributed by atoms with E-state index in [4.69, 9.17) is 4.74 Å². The van der Waals surface area contributed by atoms with Crippen molar-refractivity contribution in [3.63, 3.8) is 0 Å². The summed E-state index contributed by atoms with van der Waals surface area (Å²) in [6.07, 6.45) is 5.94. The summed E-state index contributed by atoms with van der Waals surface area (Å²) in [6.45, 7) is 17.3. The molecule has 3 amide bonds. The van der Waals surface area contributed by atoms with Gasteiger partial charge >= 0.3 is 0 Å². The number of anilines is 3. The number of carbonyl (C=O) groups is 3. The molecule has 5 rings (SSSR count). The van der Waals surface area contributed by atoms with Gasteiger partial charge in [0.2, 0.25) is 11.8 Å². The fourth-order valence-corrected chi connectivity index (χ4v) is 10.1. The number of fused-ring (bicyclic) bond motifs is 1. The lowest BCUT2D eigenvalue weighted by atomic mass is 9.70. The fourth-order valence-electron chi connectivity index (χ4n) is 7.90. The van der Waals surface area contributed by atoms with Crippen LogP contribution in [0.15, 0.2) is 73.8 Å². The van der Waals surface area contributed by atoms with E-state index in [0.717, 1.165) is 36.6 Å². The van der Waals surface area contributed by atoms with Crippen molar-refractivity contribution >= 4 is 46.5 Å². The SMILES string of the molecule is C=CCN(C(=O)C1N(CCCCO)C(=O)[C@@H]2[C@@H](C(=O)N(CC=C)c3ccc(OCC)cc3)[C@H]3CCC12S3)c1ccc(N(CC)CC)cc1. The first kappa shape index (κ1) is 35.5. The molecule has 0 aliphatic carbocycles. The van der Waals surface area contributed by atoms with Gasteiger partial charge in [0.25, 0.3) is 5.91 Å². The number of nitrogens with zero attached hydrogens (tertiary/aromatic N) is 4. The Kier molecular flexibility index (Phi) is 11.6. The molecule has 9 nitrogen and oxygen atoms in total. The Morgan fingerprint density at radius 3 is 2.08 bits per heavy atom. The second-order valence-corrected chi connectivity index (χ2v) is 14.2. The molecule has 2 unspecified atom stereocenters. The fraction of sp³-hybridized carbons (Fsp3) is 0.500. The van der Waals surface area contributed by atoms with Crippen molar-refractivity contribution in [2.75, 3.05) is 60.6 Å². The maximum Gasteiger partial charge on any atom is 0.251 e. The van der Waals surface area contributed by atoms with E-state index < -0.39 is 22.6 Å². The minimum Gasteiger partial charge on any atom is -0.494 e. The molecule has 3 fully saturated rings. The lowest BCUT2D eigenvalue weighted by molar-refractivity contribution is -0.139. The Morgan fingerprint density at radius 2 is 1.52 bits per heavy atom. The Bertz CT molecular complexity index is 1460. The van der Waals surface area contributed by atoms with Gasteiger partial charge < -0.3 is 29.4 Å². The molecule has 1 N–H and O–H groups in total. The first-order valence-corrected chi connectivity index (χ1v) is 18.2. The normalized spacial score (nSPS) is 23.9. The molecule has 3 saturated heterocycles. The predicted molar refractivity (Wildman–Crippen MR) is 195 cm³/mol. The average Bonchev–Trinajstić information content (AvgIpc) is 3.74. The number of amides is 3. The van der Waals surface area contributed by atoms with Crippen LogP contribution in [-0.4, -0.2) is 89.7 Å². The third-order valence-electron chi connectivity index (χ3n) is 10.0. The third-order valence-corrected chi connectivity index (χ3v) is 12.0. The van der Waals surface area contributed by atoms with Crippen LogP contribution in [0.5, 0.6) is 5.75 Å². The summed E-state index contributed by atoms with van der Waals surface area (Å²) in [6, 6.07) is 14.7. The molecule has 1 spiro atoms. The molecule has 2 aromatic rings. The van der Waals surface area contributed by atoms with E-state index in [-0.39, 0.29) is 29.6 Å². The third kappa shape index (κ3) is 6.49. The summed E-state index contributed by atoms with van der Waals surface area (Å²) in [5, 5.41) is 9.50. The summed E-state index contributed by atoms with van der Waals surface area (Å²) in [4.78, 5) is 51.5. The van der Waals surface area contributed by atoms with Crippen LogP contribution in [0.1, 0.15) is 46.5 Å². The van der Waals surface area contributed by atoms with Crippen LogP contribution in [-0.2, 0) is 14.4 Å². The van der Waals surface area contributed by atoms with Gasteiger partial charge in [-0.1, -0.05) is 12.2 Å². The highest BCUT2D eigenvalue weighted by Crippen LogP contribution is 2.67. The van der Waals surface area contributed by atoms with Gasteiger partial charge in [-0.2, -0.15) is 0 Å². The second kappa shape index (κ2) is 15.6. The number of benzene rings is 2. The zero-order chi connectivity index (χ0) is 34.4. The van der Waals surface area contributed by atoms with Crippen molar-refractivity contribution in [1.29, 1.82) is 0 Å². The highest BCUT2D eigenvalue weighted by Gasteiger charge is 2.74. The Hall–Kier alpha value is -3.76. The summed E-state index contributed by atoms with van der Waals surface area (Å²) in [5.74, 6) is -0.875.